The van der Waals surface area contributed by atoms with E-state index in [1.807, 2.05) is 24.3 Å². The van der Waals surface area contributed by atoms with Crippen LogP contribution in [0.2, 0.25) is 0 Å². The number of ether oxygens (including phenoxy) is 2. The van der Waals surface area contributed by atoms with Crippen molar-refractivity contribution < 1.29 is 29.9 Å². The summed E-state index contributed by atoms with van der Waals surface area (Å²) >= 11 is 0. The van der Waals surface area contributed by atoms with E-state index in [0.29, 0.717) is 6.42 Å². The maximum absolute atomic E-state index is 9.95. The van der Waals surface area contributed by atoms with Crippen LogP contribution in [0, 0.1) is 0 Å². The zero-order valence-electron chi connectivity index (χ0n) is 12.6. The maximum atomic E-state index is 9.95. The van der Waals surface area contributed by atoms with Gasteiger partial charge < -0.3 is 29.9 Å². The Kier molecular flexibility index (Phi) is 6.16. The fraction of sp³-hybridized carbons (Fsp3) is 0.625. The molecule has 0 saturated carbocycles. The Labute approximate surface area is 129 Å². The van der Waals surface area contributed by atoms with Crippen LogP contribution in [0.15, 0.2) is 24.3 Å². The highest BCUT2D eigenvalue weighted by Gasteiger charge is 2.42. The molecule has 6 heteroatoms. The third kappa shape index (κ3) is 3.97. The van der Waals surface area contributed by atoms with E-state index in [9.17, 15) is 15.3 Å². The van der Waals surface area contributed by atoms with Crippen molar-refractivity contribution in [3.05, 3.63) is 29.8 Å². The molecule has 0 aliphatic carbocycles. The molecule has 0 bridgehead atoms. The van der Waals surface area contributed by atoms with Gasteiger partial charge in [-0.2, -0.15) is 0 Å². The van der Waals surface area contributed by atoms with Crippen LogP contribution in [0.1, 0.15) is 18.4 Å². The zero-order valence-corrected chi connectivity index (χ0v) is 12.6. The van der Waals surface area contributed by atoms with Gasteiger partial charge >= 0.3 is 0 Å². The van der Waals surface area contributed by atoms with Gasteiger partial charge in [0.15, 0.2) is 0 Å². The number of aliphatic hydroxyl groups is 4. The van der Waals surface area contributed by atoms with E-state index in [2.05, 4.69) is 0 Å². The van der Waals surface area contributed by atoms with E-state index >= 15 is 0 Å². The van der Waals surface area contributed by atoms with Crippen molar-refractivity contribution in [2.24, 2.45) is 0 Å². The third-order valence-corrected chi connectivity index (χ3v) is 4.10. The van der Waals surface area contributed by atoms with Crippen LogP contribution < -0.4 is 4.74 Å². The molecule has 4 N–H and O–H groups in total. The molecule has 0 unspecified atom stereocenters. The molecule has 1 heterocycles. The van der Waals surface area contributed by atoms with Crippen LogP contribution in [0.3, 0.4) is 0 Å². The maximum Gasteiger partial charge on any atom is 0.118 e. The highest BCUT2D eigenvalue weighted by atomic mass is 16.5. The second kappa shape index (κ2) is 7.89. The lowest BCUT2D eigenvalue weighted by atomic mass is 9.92. The first kappa shape index (κ1) is 17.2. The molecule has 0 aromatic heterocycles. The standard InChI is InChI=1S/C16H24O6/c1-21-11-7-5-10(6-8-11)3-2-4-12-14(18)16(20)15(19)13(9-17)22-12/h5-8,12-20H,2-4,9H2,1H3/t12-,13+,14-,15+,16+/m0/s1. The quantitative estimate of drug-likeness (QED) is 0.583. The van der Waals surface area contributed by atoms with E-state index in [4.69, 9.17) is 14.6 Å². The lowest BCUT2D eigenvalue weighted by Gasteiger charge is -2.40. The Bertz CT molecular complexity index is 446. The summed E-state index contributed by atoms with van der Waals surface area (Å²) in [4.78, 5) is 0. The summed E-state index contributed by atoms with van der Waals surface area (Å²) in [5.74, 6) is 0.803. The van der Waals surface area contributed by atoms with Crippen LogP contribution in [0.5, 0.6) is 5.75 Å². The molecule has 0 spiro atoms. The fourth-order valence-corrected chi connectivity index (χ4v) is 2.72. The topological polar surface area (TPSA) is 99.4 Å². The van der Waals surface area contributed by atoms with Gasteiger partial charge in [0.25, 0.3) is 0 Å². The number of aryl methyl sites for hydroxylation is 1. The van der Waals surface area contributed by atoms with E-state index in [1.54, 1.807) is 7.11 Å². The number of methoxy groups -OCH3 is 1. The summed E-state index contributed by atoms with van der Waals surface area (Å²) in [7, 11) is 1.62. The first-order valence-electron chi connectivity index (χ1n) is 7.50. The van der Waals surface area contributed by atoms with Gasteiger partial charge in [0.1, 0.15) is 30.2 Å². The molecule has 5 atom stereocenters. The average molecular weight is 312 g/mol. The Hall–Kier alpha value is -1.18. The minimum atomic E-state index is -1.29. The average Bonchev–Trinajstić information content (AvgIpc) is 2.55. The van der Waals surface area contributed by atoms with E-state index in [0.717, 1.165) is 24.2 Å². The monoisotopic (exact) mass is 312 g/mol. The van der Waals surface area contributed by atoms with E-state index < -0.39 is 30.5 Å². The summed E-state index contributed by atoms with van der Waals surface area (Å²) < 4.78 is 10.6. The third-order valence-electron chi connectivity index (χ3n) is 4.10. The molecule has 2 rings (SSSR count). The highest BCUT2D eigenvalue weighted by molar-refractivity contribution is 5.27. The molecule has 124 valence electrons. The Morgan fingerprint density at radius 1 is 1.00 bits per heavy atom. The van der Waals surface area contributed by atoms with Gasteiger partial charge in [0.05, 0.1) is 19.8 Å². The lowest BCUT2D eigenvalue weighted by Crippen LogP contribution is -2.58. The number of aliphatic hydroxyl groups excluding tert-OH is 4. The molecule has 1 aromatic carbocycles. The van der Waals surface area contributed by atoms with Gasteiger partial charge in [-0.25, -0.2) is 0 Å². The summed E-state index contributed by atoms with van der Waals surface area (Å²) in [6, 6.07) is 7.74. The number of hydrogen-bond donors (Lipinski definition) is 4. The molecule has 1 saturated heterocycles. The molecular weight excluding hydrogens is 288 g/mol. The van der Waals surface area contributed by atoms with Crippen molar-refractivity contribution in [3.63, 3.8) is 0 Å². The molecule has 1 fully saturated rings. The zero-order chi connectivity index (χ0) is 16.1. The van der Waals surface area contributed by atoms with Crippen molar-refractivity contribution >= 4 is 0 Å². The molecule has 6 nitrogen and oxygen atoms in total. The van der Waals surface area contributed by atoms with Gasteiger partial charge in [0, 0.05) is 0 Å². The molecule has 22 heavy (non-hydrogen) atoms. The fourth-order valence-electron chi connectivity index (χ4n) is 2.72. The van der Waals surface area contributed by atoms with Crippen molar-refractivity contribution in [1.82, 2.24) is 0 Å². The van der Waals surface area contributed by atoms with Crippen molar-refractivity contribution in [2.75, 3.05) is 13.7 Å². The number of hydrogen-bond acceptors (Lipinski definition) is 6. The molecular formula is C16H24O6. The van der Waals surface area contributed by atoms with Crippen molar-refractivity contribution in [2.45, 2.75) is 49.8 Å². The molecule has 1 aromatic rings. The lowest BCUT2D eigenvalue weighted by molar-refractivity contribution is -0.230. The van der Waals surface area contributed by atoms with E-state index in [1.165, 1.54) is 0 Å². The largest absolute Gasteiger partial charge is 0.497 e. The smallest absolute Gasteiger partial charge is 0.118 e. The van der Waals surface area contributed by atoms with Crippen LogP contribution in [0.25, 0.3) is 0 Å². The van der Waals surface area contributed by atoms with Gasteiger partial charge in [0.2, 0.25) is 0 Å². The molecule has 0 radical (unpaired) electrons. The number of benzene rings is 1. The predicted molar refractivity (Wildman–Crippen MR) is 79.7 cm³/mol. The van der Waals surface area contributed by atoms with Gasteiger partial charge in [-0.1, -0.05) is 12.1 Å². The molecule has 1 aliphatic rings. The summed E-state index contributed by atoms with van der Waals surface area (Å²) in [6.45, 7) is -0.389. The Morgan fingerprint density at radius 3 is 2.23 bits per heavy atom. The second-order valence-corrected chi connectivity index (χ2v) is 5.61. The van der Waals surface area contributed by atoms with Crippen LogP contribution in [-0.2, 0) is 11.2 Å². The Balaban J connectivity index is 1.84. The SMILES string of the molecule is COc1ccc(CCC[C@@H]2O[C@H](CO)[C@@H](O)[C@H](O)[C@H]2O)cc1. The second-order valence-electron chi connectivity index (χ2n) is 5.61. The molecule has 1 aliphatic heterocycles. The van der Waals surface area contributed by atoms with Gasteiger partial charge in [-0.3, -0.25) is 0 Å². The van der Waals surface area contributed by atoms with Crippen LogP contribution in [0.4, 0.5) is 0 Å². The van der Waals surface area contributed by atoms with Crippen LogP contribution >= 0.6 is 0 Å². The number of rotatable bonds is 6. The summed E-state index contributed by atoms with van der Waals surface area (Å²) in [6.07, 6.45) is -3.05. The first-order valence-corrected chi connectivity index (χ1v) is 7.50. The summed E-state index contributed by atoms with van der Waals surface area (Å²) in [5, 5.41) is 38.6. The normalized spacial score (nSPS) is 32.0. The van der Waals surface area contributed by atoms with Gasteiger partial charge in [-0.15, -0.1) is 0 Å². The van der Waals surface area contributed by atoms with Crippen molar-refractivity contribution in [1.29, 1.82) is 0 Å². The van der Waals surface area contributed by atoms with Crippen molar-refractivity contribution in [3.8, 4) is 5.75 Å². The Morgan fingerprint density at radius 2 is 1.64 bits per heavy atom. The predicted octanol–water partition coefficient (Wildman–Crippen LogP) is -0.140. The van der Waals surface area contributed by atoms with Gasteiger partial charge in [-0.05, 0) is 37.0 Å². The minimum absolute atomic E-state index is 0.389. The first-order chi connectivity index (χ1) is 10.6. The van der Waals surface area contributed by atoms with E-state index in [-0.39, 0.29) is 6.61 Å². The summed E-state index contributed by atoms with van der Waals surface area (Å²) in [5.41, 5.74) is 1.14. The highest BCUT2D eigenvalue weighted by Crippen LogP contribution is 2.24. The minimum Gasteiger partial charge on any atom is -0.497 e. The van der Waals surface area contributed by atoms with Crippen LogP contribution in [-0.4, -0.2) is 64.7 Å². The molecule has 0 amide bonds.